The molecule has 0 unspecified atom stereocenters. The van der Waals surface area contributed by atoms with E-state index in [-0.39, 0.29) is 11.2 Å². The summed E-state index contributed by atoms with van der Waals surface area (Å²) in [7, 11) is 0. The van der Waals surface area contributed by atoms with Crippen LogP contribution in [0.5, 0.6) is 0 Å². The smallest absolute Gasteiger partial charge is 0.181 e. The van der Waals surface area contributed by atoms with Gasteiger partial charge in [-0.05, 0) is 29.9 Å². The highest BCUT2D eigenvalue weighted by Crippen LogP contribution is 2.39. The standard InChI is InChI=1S/C15H24N2O/c1-12-11-15(2,3)13(10-14(12)18)4-7-17-8-5-16-6-9-17/h10,16H,1,4-9,11H2,2-3H3. The Bertz CT molecular complexity index is 376. The van der Waals surface area contributed by atoms with Gasteiger partial charge in [0.05, 0.1) is 0 Å². The second-order valence-corrected chi connectivity index (χ2v) is 6.04. The third-order valence-electron chi connectivity index (χ3n) is 4.09. The maximum atomic E-state index is 11.7. The number of carbonyl (C=O) groups excluding carboxylic acids is 1. The molecule has 0 atom stereocenters. The van der Waals surface area contributed by atoms with E-state index < -0.39 is 0 Å². The third kappa shape index (κ3) is 3.09. The molecule has 3 nitrogen and oxygen atoms in total. The van der Waals surface area contributed by atoms with Crippen molar-refractivity contribution in [3.63, 3.8) is 0 Å². The Morgan fingerprint density at radius 2 is 2.06 bits per heavy atom. The van der Waals surface area contributed by atoms with Gasteiger partial charge < -0.3 is 10.2 Å². The molecular weight excluding hydrogens is 224 g/mol. The molecule has 0 saturated carbocycles. The number of hydrogen-bond donors (Lipinski definition) is 1. The van der Waals surface area contributed by atoms with Gasteiger partial charge in [0.15, 0.2) is 5.78 Å². The van der Waals surface area contributed by atoms with Crippen LogP contribution in [-0.4, -0.2) is 43.4 Å². The first-order valence-corrected chi connectivity index (χ1v) is 6.85. The van der Waals surface area contributed by atoms with Crippen molar-refractivity contribution < 1.29 is 4.79 Å². The van der Waals surface area contributed by atoms with E-state index in [1.165, 1.54) is 5.57 Å². The van der Waals surface area contributed by atoms with Gasteiger partial charge >= 0.3 is 0 Å². The second-order valence-electron chi connectivity index (χ2n) is 6.04. The Kier molecular flexibility index (Phi) is 4.03. The topological polar surface area (TPSA) is 32.3 Å². The predicted octanol–water partition coefficient (Wildman–Crippen LogP) is 1.76. The SMILES string of the molecule is C=C1CC(C)(C)C(CCN2CCNCC2)=CC1=O. The molecule has 0 radical (unpaired) electrons. The molecule has 0 aromatic rings. The molecule has 0 bridgehead atoms. The lowest BCUT2D eigenvalue weighted by molar-refractivity contribution is -0.112. The summed E-state index contributed by atoms with van der Waals surface area (Å²) in [5.74, 6) is 0.129. The Morgan fingerprint density at radius 3 is 2.72 bits per heavy atom. The minimum atomic E-state index is 0.0963. The number of allylic oxidation sites excluding steroid dienone is 2. The molecule has 0 amide bonds. The van der Waals surface area contributed by atoms with E-state index in [1.54, 1.807) is 0 Å². The van der Waals surface area contributed by atoms with Gasteiger partial charge in [-0.25, -0.2) is 0 Å². The fourth-order valence-electron chi connectivity index (χ4n) is 2.81. The Morgan fingerprint density at radius 1 is 1.39 bits per heavy atom. The van der Waals surface area contributed by atoms with E-state index in [1.807, 2.05) is 6.08 Å². The lowest BCUT2D eigenvalue weighted by atomic mass is 9.72. The summed E-state index contributed by atoms with van der Waals surface area (Å²) in [5.41, 5.74) is 2.14. The van der Waals surface area contributed by atoms with Crippen LogP contribution >= 0.6 is 0 Å². The Labute approximate surface area is 110 Å². The van der Waals surface area contributed by atoms with Gasteiger partial charge in [-0.3, -0.25) is 4.79 Å². The maximum absolute atomic E-state index is 11.7. The molecule has 0 aromatic carbocycles. The quantitative estimate of drug-likeness (QED) is 0.773. The highest BCUT2D eigenvalue weighted by atomic mass is 16.1. The minimum Gasteiger partial charge on any atom is -0.314 e. The molecule has 2 aliphatic rings. The molecule has 3 heteroatoms. The molecule has 0 spiro atoms. The van der Waals surface area contributed by atoms with Gasteiger partial charge in [-0.2, -0.15) is 0 Å². The largest absolute Gasteiger partial charge is 0.314 e. The summed E-state index contributed by atoms with van der Waals surface area (Å²) in [6.07, 6.45) is 3.64. The summed E-state index contributed by atoms with van der Waals surface area (Å²) >= 11 is 0. The van der Waals surface area contributed by atoms with Crippen LogP contribution in [0, 0.1) is 5.41 Å². The van der Waals surface area contributed by atoms with Crippen LogP contribution in [0.15, 0.2) is 23.8 Å². The van der Waals surface area contributed by atoms with E-state index in [0.717, 1.165) is 51.1 Å². The van der Waals surface area contributed by atoms with Crippen LogP contribution in [0.1, 0.15) is 26.7 Å². The molecule has 2 rings (SSSR count). The average molecular weight is 248 g/mol. The molecule has 1 aliphatic carbocycles. The monoisotopic (exact) mass is 248 g/mol. The minimum absolute atomic E-state index is 0.0963. The van der Waals surface area contributed by atoms with Gasteiger partial charge in [0.25, 0.3) is 0 Å². The molecule has 18 heavy (non-hydrogen) atoms. The zero-order valence-electron chi connectivity index (χ0n) is 11.6. The third-order valence-corrected chi connectivity index (χ3v) is 4.09. The highest BCUT2D eigenvalue weighted by Gasteiger charge is 2.30. The molecular formula is C15H24N2O. The zero-order chi connectivity index (χ0) is 13.2. The van der Waals surface area contributed by atoms with Crippen LogP contribution in [0.2, 0.25) is 0 Å². The summed E-state index contributed by atoms with van der Waals surface area (Å²) in [4.78, 5) is 14.2. The van der Waals surface area contributed by atoms with Crippen LogP contribution in [0.4, 0.5) is 0 Å². The Hall–Kier alpha value is -0.930. The van der Waals surface area contributed by atoms with Crippen LogP contribution in [0.25, 0.3) is 0 Å². The van der Waals surface area contributed by atoms with Gasteiger partial charge in [0, 0.05) is 32.7 Å². The van der Waals surface area contributed by atoms with Crippen molar-refractivity contribution in [2.24, 2.45) is 5.41 Å². The molecule has 0 aromatic heterocycles. The predicted molar refractivity (Wildman–Crippen MR) is 74.6 cm³/mol. The van der Waals surface area contributed by atoms with Crippen LogP contribution < -0.4 is 5.32 Å². The number of carbonyl (C=O) groups is 1. The fourth-order valence-corrected chi connectivity index (χ4v) is 2.81. The summed E-state index contributed by atoms with van der Waals surface area (Å²) < 4.78 is 0. The van der Waals surface area contributed by atoms with E-state index in [0.29, 0.717) is 0 Å². The van der Waals surface area contributed by atoms with Crippen molar-refractivity contribution in [3.8, 4) is 0 Å². The molecule has 1 heterocycles. The number of rotatable bonds is 3. The fraction of sp³-hybridized carbons (Fsp3) is 0.667. The molecule has 1 N–H and O–H groups in total. The second kappa shape index (κ2) is 5.37. The number of hydrogen-bond acceptors (Lipinski definition) is 3. The first kappa shape index (κ1) is 13.5. The van der Waals surface area contributed by atoms with Crippen molar-refractivity contribution in [3.05, 3.63) is 23.8 Å². The van der Waals surface area contributed by atoms with E-state index >= 15 is 0 Å². The zero-order valence-corrected chi connectivity index (χ0v) is 11.6. The van der Waals surface area contributed by atoms with Crippen LogP contribution in [0.3, 0.4) is 0 Å². The summed E-state index contributed by atoms with van der Waals surface area (Å²) in [6, 6.07) is 0. The summed E-state index contributed by atoms with van der Waals surface area (Å²) in [6.45, 7) is 13.8. The maximum Gasteiger partial charge on any atom is 0.181 e. The van der Waals surface area contributed by atoms with Crippen molar-refractivity contribution in [2.45, 2.75) is 26.7 Å². The van der Waals surface area contributed by atoms with Gasteiger partial charge in [0.2, 0.25) is 0 Å². The van der Waals surface area contributed by atoms with Gasteiger partial charge in [-0.15, -0.1) is 0 Å². The number of piperazine rings is 1. The van der Waals surface area contributed by atoms with Gasteiger partial charge in [0.1, 0.15) is 0 Å². The summed E-state index contributed by atoms with van der Waals surface area (Å²) in [5, 5.41) is 3.36. The molecule has 1 saturated heterocycles. The first-order chi connectivity index (χ1) is 8.49. The lowest BCUT2D eigenvalue weighted by Gasteiger charge is -2.34. The van der Waals surface area contributed by atoms with Gasteiger partial charge in [-0.1, -0.05) is 26.0 Å². The molecule has 1 fully saturated rings. The van der Waals surface area contributed by atoms with E-state index in [9.17, 15) is 4.79 Å². The highest BCUT2D eigenvalue weighted by molar-refractivity contribution is 6.05. The van der Waals surface area contributed by atoms with E-state index in [2.05, 4.69) is 30.6 Å². The van der Waals surface area contributed by atoms with Crippen LogP contribution in [-0.2, 0) is 4.79 Å². The van der Waals surface area contributed by atoms with Crippen molar-refractivity contribution in [1.82, 2.24) is 10.2 Å². The first-order valence-electron chi connectivity index (χ1n) is 6.85. The van der Waals surface area contributed by atoms with Crippen molar-refractivity contribution in [2.75, 3.05) is 32.7 Å². The van der Waals surface area contributed by atoms with Crippen molar-refractivity contribution in [1.29, 1.82) is 0 Å². The Balaban J connectivity index is 1.96. The number of ketones is 1. The number of nitrogens with zero attached hydrogens (tertiary/aromatic N) is 1. The van der Waals surface area contributed by atoms with E-state index in [4.69, 9.17) is 0 Å². The molecule has 1 aliphatic heterocycles. The number of nitrogens with one attached hydrogen (secondary N) is 1. The molecule has 100 valence electrons. The normalized spacial score (nSPS) is 25.1. The lowest BCUT2D eigenvalue weighted by Crippen LogP contribution is -2.44. The average Bonchev–Trinajstić information content (AvgIpc) is 2.33. The van der Waals surface area contributed by atoms with Crippen molar-refractivity contribution >= 4 is 5.78 Å².